The fraction of sp³-hybridized carbons (Fsp3) is 0.840. The minimum absolute atomic E-state index is 0.340. The number of rotatable bonds is 21. The second-order valence-electron chi connectivity index (χ2n) is 8.71. The maximum Gasteiger partial charge on any atom is 0.303 e. The minimum atomic E-state index is -0.655. The lowest BCUT2D eigenvalue weighted by atomic mass is 10.0. The fourth-order valence-electron chi connectivity index (χ4n) is 4.03. The summed E-state index contributed by atoms with van der Waals surface area (Å²) in [5.74, 6) is 0.565. The molecule has 1 N–H and O–H groups in total. The van der Waals surface area contributed by atoms with E-state index in [1.807, 2.05) is 12.4 Å². The van der Waals surface area contributed by atoms with Gasteiger partial charge in [-0.1, -0.05) is 103 Å². The summed E-state index contributed by atoms with van der Waals surface area (Å²) in [5.41, 5.74) is 0. The molecular formula is C25H46N2O2. The smallest absolute Gasteiger partial charge is 0.303 e. The Morgan fingerprint density at radius 2 is 1.10 bits per heavy atom. The van der Waals surface area contributed by atoms with Gasteiger partial charge in [0.25, 0.3) is 0 Å². The molecule has 4 nitrogen and oxygen atoms in total. The van der Waals surface area contributed by atoms with Crippen molar-refractivity contribution in [3.8, 4) is 0 Å². The SMILES string of the molecule is Cn1ccnc1CCCCCCCCCCCCCCCCCCCCC(=O)O. The van der Waals surface area contributed by atoms with Gasteiger partial charge in [0.15, 0.2) is 0 Å². The molecule has 0 radical (unpaired) electrons. The van der Waals surface area contributed by atoms with Gasteiger partial charge >= 0.3 is 5.97 Å². The van der Waals surface area contributed by atoms with Crippen LogP contribution in [0.4, 0.5) is 0 Å². The average Bonchev–Trinajstić information content (AvgIpc) is 3.11. The van der Waals surface area contributed by atoms with Crippen LogP contribution in [0, 0.1) is 0 Å². The normalized spacial score (nSPS) is 11.2. The van der Waals surface area contributed by atoms with Crippen LogP contribution in [0.25, 0.3) is 0 Å². The standard InChI is InChI=1S/C25H46N2O2/c1-27-23-22-26-24(27)20-18-16-14-12-10-8-6-4-2-3-5-7-9-11-13-15-17-19-21-25(28)29/h22-23H,2-21H2,1H3,(H,28,29). The first kappa shape index (κ1) is 25.7. The molecule has 0 atom stereocenters. The van der Waals surface area contributed by atoms with Crippen LogP contribution < -0.4 is 0 Å². The highest BCUT2D eigenvalue weighted by molar-refractivity contribution is 5.66. The second-order valence-corrected chi connectivity index (χ2v) is 8.71. The molecule has 1 rings (SSSR count). The van der Waals surface area contributed by atoms with Crippen LogP contribution in [0.1, 0.15) is 128 Å². The number of imidazole rings is 1. The first-order valence-electron chi connectivity index (χ1n) is 12.4. The van der Waals surface area contributed by atoms with E-state index in [4.69, 9.17) is 5.11 Å². The fourth-order valence-corrected chi connectivity index (χ4v) is 4.03. The predicted octanol–water partition coefficient (Wildman–Crippen LogP) is 7.46. The molecule has 1 heterocycles. The van der Waals surface area contributed by atoms with Crippen LogP contribution in [0.3, 0.4) is 0 Å². The van der Waals surface area contributed by atoms with E-state index in [-0.39, 0.29) is 0 Å². The number of hydrogen-bond acceptors (Lipinski definition) is 2. The Labute approximate surface area is 179 Å². The number of aliphatic carboxylic acids is 1. The summed E-state index contributed by atoms with van der Waals surface area (Å²) in [6.07, 6.45) is 29.2. The van der Waals surface area contributed by atoms with E-state index in [9.17, 15) is 4.79 Å². The number of carbonyl (C=O) groups is 1. The van der Waals surface area contributed by atoms with Gasteiger partial charge < -0.3 is 9.67 Å². The molecule has 0 saturated carbocycles. The zero-order valence-electron chi connectivity index (χ0n) is 19.0. The van der Waals surface area contributed by atoms with Crippen LogP contribution >= 0.6 is 0 Å². The molecule has 0 aliphatic carbocycles. The lowest BCUT2D eigenvalue weighted by Crippen LogP contribution is -1.97. The lowest BCUT2D eigenvalue weighted by Gasteiger charge is -2.04. The molecule has 1 aromatic rings. The van der Waals surface area contributed by atoms with Crippen molar-refractivity contribution in [1.82, 2.24) is 9.55 Å². The molecule has 0 aliphatic heterocycles. The van der Waals surface area contributed by atoms with Crippen LogP contribution in [0.15, 0.2) is 12.4 Å². The van der Waals surface area contributed by atoms with Gasteiger partial charge in [-0.3, -0.25) is 4.79 Å². The number of aryl methyl sites for hydroxylation is 2. The molecule has 1 aromatic heterocycles. The number of nitrogens with zero attached hydrogens (tertiary/aromatic N) is 2. The van der Waals surface area contributed by atoms with Gasteiger partial charge in [-0.2, -0.15) is 0 Å². The molecule has 0 bridgehead atoms. The molecule has 0 saturated heterocycles. The Kier molecular flexibility index (Phi) is 16.6. The van der Waals surface area contributed by atoms with E-state index in [1.54, 1.807) is 0 Å². The Hall–Kier alpha value is -1.32. The molecule has 0 spiro atoms. The molecular weight excluding hydrogens is 360 g/mol. The van der Waals surface area contributed by atoms with Gasteiger partial charge in [0.2, 0.25) is 0 Å². The van der Waals surface area contributed by atoms with Crippen molar-refractivity contribution in [1.29, 1.82) is 0 Å². The van der Waals surface area contributed by atoms with Gasteiger partial charge in [-0.15, -0.1) is 0 Å². The van der Waals surface area contributed by atoms with Crippen LogP contribution in [-0.2, 0) is 18.3 Å². The van der Waals surface area contributed by atoms with Gasteiger partial charge in [0.05, 0.1) is 0 Å². The van der Waals surface area contributed by atoms with Gasteiger partial charge in [-0.25, -0.2) is 4.98 Å². The molecule has 29 heavy (non-hydrogen) atoms. The average molecular weight is 407 g/mol. The molecule has 0 aliphatic rings. The van der Waals surface area contributed by atoms with Crippen molar-refractivity contribution in [2.75, 3.05) is 0 Å². The molecule has 0 unspecified atom stereocenters. The summed E-state index contributed by atoms with van der Waals surface area (Å²) >= 11 is 0. The lowest BCUT2D eigenvalue weighted by molar-refractivity contribution is -0.137. The summed E-state index contributed by atoms with van der Waals surface area (Å²) in [5, 5.41) is 8.59. The van der Waals surface area contributed by atoms with Crippen molar-refractivity contribution in [3.63, 3.8) is 0 Å². The Bertz CT molecular complexity index is 499. The van der Waals surface area contributed by atoms with E-state index in [0.29, 0.717) is 6.42 Å². The van der Waals surface area contributed by atoms with Gasteiger partial charge in [0, 0.05) is 32.3 Å². The van der Waals surface area contributed by atoms with Crippen LogP contribution in [0.5, 0.6) is 0 Å². The largest absolute Gasteiger partial charge is 0.481 e. The first-order valence-corrected chi connectivity index (χ1v) is 12.4. The van der Waals surface area contributed by atoms with Crippen molar-refractivity contribution in [2.45, 2.75) is 128 Å². The quantitative estimate of drug-likeness (QED) is 0.216. The Morgan fingerprint density at radius 3 is 1.45 bits per heavy atom. The van der Waals surface area contributed by atoms with Gasteiger partial charge in [-0.05, 0) is 12.8 Å². The molecule has 4 heteroatoms. The maximum atomic E-state index is 10.4. The van der Waals surface area contributed by atoms with E-state index in [1.165, 1.54) is 109 Å². The van der Waals surface area contributed by atoms with Crippen LogP contribution in [0.2, 0.25) is 0 Å². The Balaban J connectivity index is 1.68. The minimum Gasteiger partial charge on any atom is -0.481 e. The molecule has 0 amide bonds. The Morgan fingerprint density at radius 1 is 0.724 bits per heavy atom. The summed E-state index contributed by atoms with van der Waals surface area (Å²) in [7, 11) is 2.08. The summed E-state index contributed by atoms with van der Waals surface area (Å²) in [4.78, 5) is 14.8. The third-order valence-electron chi connectivity index (χ3n) is 5.96. The predicted molar refractivity (Wildman–Crippen MR) is 122 cm³/mol. The maximum absolute atomic E-state index is 10.4. The third-order valence-corrected chi connectivity index (χ3v) is 5.96. The van der Waals surface area contributed by atoms with Gasteiger partial charge in [0.1, 0.15) is 5.82 Å². The van der Waals surface area contributed by atoms with Crippen molar-refractivity contribution >= 4 is 5.97 Å². The third kappa shape index (κ3) is 16.2. The van der Waals surface area contributed by atoms with Crippen LogP contribution in [-0.4, -0.2) is 20.6 Å². The number of carboxylic acids is 1. The number of aromatic nitrogens is 2. The van der Waals surface area contributed by atoms with E-state index < -0.39 is 5.97 Å². The summed E-state index contributed by atoms with van der Waals surface area (Å²) < 4.78 is 2.13. The molecule has 168 valence electrons. The highest BCUT2D eigenvalue weighted by Gasteiger charge is 1.99. The summed E-state index contributed by atoms with van der Waals surface area (Å²) in [6, 6.07) is 0. The second kappa shape index (κ2) is 18.7. The van der Waals surface area contributed by atoms with Crippen molar-refractivity contribution in [2.24, 2.45) is 7.05 Å². The highest BCUT2D eigenvalue weighted by atomic mass is 16.4. The molecule has 0 fully saturated rings. The van der Waals surface area contributed by atoms with E-state index in [0.717, 1.165) is 19.3 Å². The zero-order chi connectivity index (χ0) is 21.0. The number of carboxylic acid groups (broad SMARTS) is 1. The molecule has 0 aromatic carbocycles. The first-order chi connectivity index (χ1) is 14.2. The topological polar surface area (TPSA) is 55.1 Å². The van der Waals surface area contributed by atoms with E-state index in [2.05, 4.69) is 16.6 Å². The highest BCUT2D eigenvalue weighted by Crippen LogP contribution is 2.15. The monoisotopic (exact) mass is 406 g/mol. The number of hydrogen-bond donors (Lipinski definition) is 1. The summed E-state index contributed by atoms with van der Waals surface area (Å²) in [6.45, 7) is 0. The number of unbranched alkanes of at least 4 members (excludes halogenated alkanes) is 17. The van der Waals surface area contributed by atoms with Crippen molar-refractivity contribution < 1.29 is 9.90 Å². The zero-order valence-corrected chi connectivity index (χ0v) is 19.0. The van der Waals surface area contributed by atoms with E-state index >= 15 is 0 Å². The van der Waals surface area contributed by atoms with Crippen molar-refractivity contribution in [3.05, 3.63) is 18.2 Å².